The van der Waals surface area contributed by atoms with E-state index in [-0.39, 0.29) is 18.2 Å². The Hall–Kier alpha value is -1.37. The lowest BCUT2D eigenvalue weighted by Gasteiger charge is -2.33. The summed E-state index contributed by atoms with van der Waals surface area (Å²) in [6.07, 6.45) is 5.97. The molecular weight excluding hydrogens is 356 g/mol. The molecule has 0 aliphatic carbocycles. The lowest BCUT2D eigenvalue weighted by Crippen LogP contribution is -2.40. The quantitative estimate of drug-likeness (QED) is 0.704. The smallest absolute Gasteiger partial charge is 0.335 e. The van der Waals surface area contributed by atoms with Crippen molar-refractivity contribution in [1.82, 2.24) is 4.98 Å². The topological polar surface area (TPSA) is 60.9 Å². The van der Waals surface area contributed by atoms with Crippen LogP contribution in [-0.4, -0.2) is 55.6 Å². The molecule has 1 aromatic rings. The molecule has 0 spiro atoms. The van der Waals surface area contributed by atoms with Gasteiger partial charge in [0.25, 0.3) is 0 Å². The fraction of sp³-hybridized carbons (Fsp3) is 0.684. The van der Waals surface area contributed by atoms with Gasteiger partial charge in [-0.1, -0.05) is 11.6 Å². The van der Waals surface area contributed by atoms with Gasteiger partial charge in [0.1, 0.15) is 11.9 Å². The predicted molar refractivity (Wildman–Crippen MR) is 99.6 cm³/mol. The molecule has 0 aromatic carbocycles. The molecule has 2 saturated heterocycles. The number of piperidine rings is 1. The average Bonchev–Trinajstić information content (AvgIpc) is 2.68. The molecule has 1 aromatic heterocycles. The highest BCUT2D eigenvalue weighted by Gasteiger charge is 2.26. The number of anilines is 1. The van der Waals surface area contributed by atoms with Gasteiger partial charge in [0.2, 0.25) is 0 Å². The zero-order chi connectivity index (χ0) is 18.4. The molecule has 2 fully saturated rings. The molecule has 0 saturated carbocycles. The zero-order valence-electron chi connectivity index (χ0n) is 15.2. The average molecular weight is 383 g/mol. The van der Waals surface area contributed by atoms with Gasteiger partial charge in [-0.05, 0) is 38.3 Å². The predicted octanol–water partition coefficient (Wildman–Crippen LogP) is 3.22. The Balaban J connectivity index is 1.37. The van der Waals surface area contributed by atoms with Crippen molar-refractivity contribution >= 4 is 23.4 Å². The maximum absolute atomic E-state index is 12.2. The van der Waals surface area contributed by atoms with Crippen LogP contribution in [0, 0.1) is 0 Å². The molecule has 2 aliphatic heterocycles. The van der Waals surface area contributed by atoms with Crippen LogP contribution in [0.4, 0.5) is 5.82 Å². The molecule has 26 heavy (non-hydrogen) atoms. The fourth-order valence-corrected chi connectivity index (χ4v) is 3.39. The number of carbonyl (C=O) groups is 1. The molecule has 144 valence electrons. The summed E-state index contributed by atoms with van der Waals surface area (Å²) in [7, 11) is 0. The molecule has 3 rings (SSSR count). The van der Waals surface area contributed by atoms with Gasteiger partial charge in [0.05, 0.1) is 17.7 Å². The van der Waals surface area contributed by atoms with E-state index in [9.17, 15) is 4.79 Å². The minimum atomic E-state index is -0.559. The van der Waals surface area contributed by atoms with E-state index in [0.717, 1.165) is 57.6 Å². The third-order valence-corrected chi connectivity index (χ3v) is 5.12. The molecule has 0 amide bonds. The van der Waals surface area contributed by atoms with Crippen molar-refractivity contribution in [1.29, 1.82) is 0 Å². The van der Waals surface area contributed by atoms with E-state index in [2.05, 4.69) is 9.88 Å². The number of hydrogen-bond acceptors (Lipinski definition) is 6. The molecule has 0 radical (unpaired) electrons. The van der Waals surface area contributed by atoms with Gasteiger partial charge in [-0.3, -0.25) is 0 Å². The van der Waals surface area contributed by atoms with Crippen LogP contribution in [0.25, 0.3) is 0 Å². The molecular formula is C19H27ClN2O4. The number of rotatable bonds is 6. The second-order valence-electron chi connectivity index (χ2n) is 6.92. The Bertz CT molecular complexity index is 569. The van der Waals surface area contributed by atoms with Crippen LogP contribution < -0.4 is 4.90 Å². The van der Waals surface area contributed by atoms with E-state index in [4.69, 9.17) is 25.8 Å². The lowest BCUT2D eigenvalue weighted by atomic mass is 10.1. The van der Waals surface area contributed by atoms with Gasteiger partial charge in [-0.15, -0.1) is 0 Å². The van der Waals surface area contributed by atoms with Gasteiger partial charge >= 0.3 is 5.97 Å². The summed E-state index contributed by atoms with van der Waals surface area (Å²) >= 11 is 5.88. The van der Waals surface area contributed by atoms with Gasteiger partial charge in [-0.2, -0.15) is 0 Å². The highest BCUT2D eigenvalue weighted by molar-refractivity contribution is 6.30. The number of aromatic nitrogens is 1. The maximum atomic E-state index is 12.2. The van der Waals surface area contributed by atoms with E-state index < -0.39 is 6.10 Å². The van der Waals surface area contributed by atoms with Crippen molar-refractivity contribution in [3.8, 4) is 0 Å². The highest BCUT2D eigenvalue weighted by atomic mass is 35.5. The fourth-order valence-electron chi connectivity index (χ4n) is 3.28. The first kappa shape index (κ1) is 19.4. The number of nitrogens with zero attached hydrogens (tertiary/aromatic N) is 2. The summed E-state index contributed by atoms with van der Waals surface area (Å²) in [4.78, 5) is 18.8. The minimum Gasteiger partial charge on any atom is -0.460 e. The molecule has 2 unspecified atom stereocenters. The summed E-state index contributed by atoms with van der Waals surface area (Å²) in [6, 6.07) is 3.75. The lowest BCUT2D eigenvalue weighted by molar-refractivity contribution is -0.165. The van der Waals surface area contributed by atoms with Gasteiger partial charge in [-0.25, -0.2) is 9.78 Å². The molecule has 2 atom stereocenters. The standard InChI is InChI=1S/C19H27ClN2O4/c1-14(25-13-17-4-2-3-11-24-17)19(23)26-16-7-9-22(10-8-16)18-6-5-15(20)12-21-18/h5-6,12,14,16-17H,2-4,7-11,13H2,1H3. The zero-order valence-corrected chi connectivity index (χ0v) is 16.0. The van der Waals surface area contributed by atoms with Crippen molar-refractivity contribution in [2.45, 2.75) is 57.3 Å². The molecule has 3 heterocycles. The van der Waals surface area contributed by atoms with E-state index in [1.807, 2.05) is 12.1 Å². The second-order valence-corrected chi connectivity index (χ2v) is 7.36. The van der Waals surface area contributed by atoms with Crippen LogP contribution in [0.2, 0.25) is 5.02 Å². The van der Waals surface area contributed by atoms with Crippen LogP contribution in [0.3, 0.4) is 0 Å². The number of pyridine rings is 1. The van der Waals surface area contributed by atoms with Crippen molar-refractivity contribution in [2.75, 3.05) is 31.2 Å². The van der Waals surface area contributed by atoms with Crippen LogP contribution in [0.15, 0.2) is 18.3 Å². The minimum absolute atomic E-state index is 0.0666. The Kier molecular flexibility index (Phi) is 7.11. The number of ether oxygens (including phenoxy) is 3. The molecule has 0 N–H and O–H groups in total. The van der Waals surface area contributed by atoms with Crippen LogP contribution in [0.5, 0.6) is 0 Å². The first-order chi connectivity index (χ1) is 12.6. The third kappa shape index (κ3) is 5.56. The largest absolute Gasteiger partial charge is 0.460 e. The van der Waals surface area contributed by atoms with Crippen molar-refractivity contribution in [3.05, 3.63) is 23.4 Å². The van der Waals surface area contributed by atoms with Crippen molar-refractivity contribution in [3.63, 3.8) is 0 Å². The van der Waals surface area contributed by atoms with E-state index in [1.165, 1.54) is 0 Å². The third-order valence-electron chi connectivity index (χ3n) is 4.90. The first-order valence-corrected chi connectivity index (χ1v) is 9.80. The molecule has 0 bridgehead atoms. The van der Waals surface area contributed by atoms with Gasteiger partial charge in [0.15, 0.2) is 6.10 Å². The Morgan fingerprint density at radius 2 is 2.15 bits per heavy atom. The van der Waals surface area contributed by atoms with Crippen LogP contribution in [0.1, 0.15) is 39.0 Å². The Morgan fingerprint density at radius 1 is 1.35 bits per heavy atom. The summed E-state index contributed by atoms with van der Waals surface area (Å²) < 4.78 is 16.9. The van der Waals surface area contributed by atoms with Crippen LogP contribution >= 0.6 is 11.6 Å². The normalized spacial score (nSPS) is 22.8. The number of esters is 1. The first-order valence-electron chi connectivity index (χ1n) is 9.42. The Morgan fingerprint density at radius 3 is 2.81 bits per heavy atom. The summed E-state index contributed by atoms with van der Waals surface area (Å²) in [5.41, 5.74) is 0. The molecule has 6 nitrogen and oxygen atoms in total. The number of halogens is 1. The van der Waals surface area contributed by atoms with Crippen molar-refractivity contribution in [2.24, 2.45) is 0 Å². The van der Waals surface area contributed by atoms with Gasteiger partial charge < -0.3 is 19.1 Å². The van der Waals surface area contributed by atoms with Crippen molar-refractivity contribution < 1.29 is 19.0 Å². The summed E-state index contributed by atoms with van der Waals surface area (Å²) in [5.74, 6) is 0.618. The number of carbonyl (C=O) groups excluding carboxylic acids is 1. The maximum Gasteiger partial charge on any atom is 0.335 e. The SMILES string of the molecule is CC(OCC1CCCCO1)C(=O)OC1CCN(c2ccc(Cl)cn2)CC1. The summed E-state index contributed by atoms with van der Waals surface area (Å²) in [5, 5.41) is 0.630. The Labute approximate surface area is 159 Å². The number of hydrogen-bond donors (Lipinski definition) is 0. The molecule has 2 aliphatic rings. The van der Waals surface area contributed by atoms with Gasteiger partial charge in [0, 0.05) is 38.7 Å². The monoisotopic (exact) mass is 382 g/mol. The summed E-state index contributed by atoms with van der Waals surface area (Å²) in [6.45, 7) is 4.60. The highest BCUT2D eigenvalue weighted by Crippen LogP contribution is 2.21. The molecule has 7 heteroatoms. The van der Waals surface area contributed by atoms with Crippen LogP contribution in [-0.2, 0) is 19.0 Å². The van der Waals surface area contributed by atoms with E-state index in [0.29, 0.717) is 11.6 Å². The van der Waals surface area contributed by atoms with E-state index in [1.54, 1.807) is 13.1 Å². The van der Waals surface area contributed by atoms with E-state index >= 15 is 0 Å². The second kappa shape index (κ2) is 9.53.